The first kappa shape index (κ1) is 39.0. The average molecular weight is 552 g/mol. The quantitative estimate of drug-likeness (QED) is 0.144. The summed E-state index contributed by atoms with van der Waals surface area (Å²) in [4.78, 5) is 16.9. The first-order valence-corrected chi connectivity index (χ1v) is 13.9. The highest BCUT2D eigenvalue weighted by Gasteiger charge is 2.24. The summed E-state index contributed by atoms with van der Waals surface area (Å²) in [6, 6.07) is 4.76. The number of amides is 1. The molecule has 2 rings (SSSR count). The summed E-state index contributed by atoms with van der Waals surface area (Å²) < 4.78 is 5.34. The molecule has 0 bridgehead atoms. The van der Waals surface area contributed by atoms with E-state index >= 15 is 0 Å². The van der Waals surface area contributed by atoms with E-state index in [1.54, 1.807) is 25.3 Å². The monoisotopic (exact) mass is 550 g/mol. The lowest BCUT2D eigenvalue weighted by atomic mass is 10.1. The lowest BCUT2D eigenvalue weighted by Crippen LogP contribution is -2.30. The molecule has 0 aliphatic heterocycles. The molecule has 1 aliphatic rings. The van der Waals surface area contributed by atoms with Gasteiger partial charge in [0.15, 0.2) is 0 Å². The summed E-state index contributed by atoms with van der Waals surface area (Å²) in [6.07, 6.45) is 20.1. The molecule has 1 aromatic carbocycles. The van der Waals surface area contributed by atoms with Crippen molar-refractivity contribution in [3.8, 4) is 12.8 Å². The molecule has 1 fully saturated rings. The molecule has 0 atom stereocenters. The number of rotatable bonds is 9. The molecule has 208 valence electrons. The van der Waals surface area contributed by atoms with E-state index in [0.29, 0.717) is 34.0 Å². The molecule has 0 unspecified atom stereocenters. The van der Waals surface area contributed by atoms with Crippen LogP contribution < -0.4 is 5.32 Å². The maximum Gasteiger partial charge on any atom is 0.253 e. The third-order valence-corrected chi connectivity index (χ3v) is 5.02. The SMILES string of the molecule is C#C.CC.CC.CC.C\C=C/C(=C\C(=C\CC)C1CC1)CN=C(CNC(=O)c1ccc(Cl)cc1Cl)OC. The Balaban J connectivity index is -0.00000131. The van der Waals surface area contributed by atoms with Crippen LogP contribution in [0, 0.1) is 18.8 Å². The summed E-state index contributed by atoms with van der Waals surface area (Å²) in [7, 11) is 1.55. The number of carbonyl (C=O) groups excluding carboxylic acids is 1. The van der Waals surface area contributed by atoms with Crippen molar-refractivity contribution in [3.63, 3.8) is 0 Å². The van der Waals surface area contributed by atoms with Gasteiger partial charge in [-0.15, -0.1) is 12.8 Å². The highest BCUT2D eigenvalue weighted by molar-refractivity contribution is 6.36. The lowest BCUT2D eigenvalue weighted by molar-refractivity contribution is 0.0957. The molecule has 0 heterocycles. The van der Waals surface area contributed by atoms with E-state index in [1.807, 2.05) is 54.5 Å². The summed E-state index contributed by atoms with van der Waals surface area (Å²) in [6.45, 7) is 16.8. The molecular weight excluding hydrogens is 503 g/mol. The van der Waals surface area contributed by atoms with Gasteiger partial charge in [-0.3, -0.25) is 4.79 Å². The first-order chi connectivity index (χ1) is 18.0. The number of nitrogens with one attached hydrogen (secondary N) is 1. The third-order valence-electron chi connectivity index (χ3n) is 4.47. The van der Waals surface area contributed by atoms with Gasteiger partial charge in [-0.05, 0) is 61.4 Å². The Morgan fingerprint density at radius 2 is 1.73 bits per heavy atom. The minimum atomic E-state index is -0.303. The third kappa shape index (κ3) is 17.6. The van der Waals surface area contributed by atoms with E-state index in [4.69, 9.17) is 27.9 Å². The molecule has 1 amide bonds. The number of nitrogens with zero attached hydrogens (tertiary/aromatic N) is 1. The topological polar surface area (TPSA) is 50.7 Å². The second kappa shape index (κ2) is 26.6. The van der Waals surface area contributed by atoms with Gasteiger partial charge >= 0.3 is 0 Å². The molecule has 1 aliphatic carbocycles. The van der Waals surface area contributed by atoms with Gasteiger partial charge in [0.05, 0.1) is 30.8 Å². The maximum absolute atomic E-state index is 12.4. The standard InChI is InChI=1S/C23H28Cl2N2O2.3C2H6.C2H2/c1-4-6-16(12-18(7-5-2)17-8-9-17)14-26-22(29-3)15-27-23(28)20-11-10-19(24)13-21(20)25;4*1-2/h4,6-7,10-13,17H,5,8-9,14-15H2,1-3H3,(H,27,28);3*1-2H3;1-2H/b6-4-,16-12+,18-7-,26-22?;;;;. The van der Waals surface area contributed by atoms with E-state index in [9.17, 15) is 4.79 Å². The molecule has 1 saturated carbocycles. The fraction of sp³-hybridized carbons (Fsp3) is 0.484. The van der Waals surface area contributed by atoms with Crippen molar-refractivity contribution >= 4 is 35.0 Å². The number of allylic oxidation sites excluding steroid dienone is 4. The van der Waals surface area contributed by atoms with Crippen molar-refractivity contribution in [1.82, 2.24) is 5.32 Å². The number of aliphatic imine (C=N–C) groups is 1. The number of ether oxygens (including phenoxy) is 1. The zero-order valence-electron chi connectivity index (χ0n) is 24.3. The Hall–Kier alpha value is -2.48. The Labute approximate surface area is 237 Å². The molecule has 6 heteroatoms. The van der Waals surface area contributed by atoms with Crippen molar-refractivity contribution < 1.29 is 9.53 Å². The second-order valence-electron chi connectivity index (χ2n) is 6.83. The fourth-order valence-corrected chi connectivity index (χ4v) is 3.36. The number of hydrogen-bond acceptors (Lipinski definition) is 3. The zero-order valence-corrected chi connectivity index (χ0v) is 25.8. The van der Waals surface area contributed by atoms with Gasteiger partial charge in [0.2, 0.25) is 5.90 Å². The van der Waals surface area contributed by atoms with E-state index in [0.717, 1.165) is 12.0 Å². The molecule has 37 heavy (non-hydrogen) atoms. The van der Waals surface area contributed by atoms with Crippen molar-refractivity contribution in [2.45, 2.75) is 74.7 Å². The normalized spacial score (nSPS) is 12.8. The van der Waals surface area contributed by atoms with Gasteiger partial charge in [-0.25, -0.2) is 4.99 Å². The maximum atomic E-state index is 12.4. The van der Waals surface area contributed by atoms with Crippen molar-refractivity contribution in [2.24, 2.45) is 10.9 Å². The minimum Gasteiger partial charge on any atom is -0.483 e. The number of hydrogen-bond donors (Lipinski definition) is 1. The van der Waals surface area contributed by atoms with E-state index < -0.39 is 0 Å². The first-order valence-electron chi connectivity index (χ1n) is 13.2. The number of benzene rings is 1. The lowest BCUT2D eigenvalue weighted by Gasteiger charge is -2.09. The molecule has 0 saturated heterocycles. The Bertz CT molecular complexity index is 880. The van der Waals surface area contributed by atoms with Crippen LogP contribution in [0.5, 0.6) is 0 Å². The largest absolute Gasteiger partial charge is 0.483 e. The number of terminal acetylenes is 1. The van der Waals surface area contributed by atoms with E-state index in [2.05, 4.69) is 48.3 Å². The van der Waals surface area contributed by atoms with Gasteiger partial charge in [-0.2, -0.15) is 0 Å². The fourth-order valence-electron chi connectivity index (χ4n) is 2.87. The van der Waals surface area contributed by atoms with Crippen LogP contribution in [0.15, 0.2) is 58.6 Å². The van der Waals surface area contributed by atoms with Crippen LogP contribution in [-0.4, -0.2) is 32.0 Å². The van der Waals surface area contributed by atoms with Crippen molar-refractivity contribution in [1.29, 1.82) is 0 Å². The highest BCUT2D eigenvalue weighted by Crippen LogP contribution is 2.37. The molecule has 1 aromatic rings. The second-order valence-corrected chi connectivity index (χ2v) is 7.67. The van der Waals surface area contributed by atoms with Crippen LogP contribution in [-0.2, 0) is 4.74 Å². The van der Waals surface area contributed by atoms with Gasteiger partial charge in [0.25, 0.3) is 5.91 Å². The molecular formula is C31H48Cl2N2O2. The van der Waals surface area contributed by atoms with E-state index in [1.165, 1.54) is 18.4 Å². The van der Waals surface area contributed by atoms with Crippen LogP contribution in [0.4, 0.5) is 0 Å². The van der Waals surface area contributed by atoms with Crippen molar-refractivity contribution in [2.75, 3.05) is 20.2 Å². The van der Waals surface area contributed by atoms with Crippen LogP contribution in [0.1, 0.15) is 85.0 Å². The molecule has 4 nitrogen and oxygen atoms in total. The van der Waals surface area contributed by atoms with E-state index in [-0.39, 0.29) is 12.5 Å². The van der Waals surface area contributed by atoms with Crippen LogP contribution >= 0.6 is 23.2 Å². The number of methoxy groups -OCH3 is 1. The van der Waals surface area contributed by atoms with Crippen molar-refractivity contribution in [3.05, 3.63) is 69.3 Å². The number of halogens is 2. The molecule has 0 radical (unpaired) electrons. The van der Waals surface area contributed by atoms with Crippen LogP contribution in [0.25, 0.3) is 0 Å². The minimum absolute atomic E-state index is 0.178. The van der Waals surface area contributed by atoms with Gasteiger partial charge in [0, 0.05) is 5.02 Å². The highest BCUT2D eigenvalue weighted by atomic mass is 35.5. The predicted molar refractivity (Wildman–Crippen MR) is 166 cm³/mol. The summed E-state index contributed by atoms with van der Waals surface area (Å²) in [5, 5.41) is 3.57. The average Bonchev–Trinajstić information content (AvgIpc) is 3.78. The summed E-state index contributed by atoms with van der Waals surface area (Å²) in [5.41, 5.74) is 2.86. The van der Waals surface area contributed by atoms with Gasteiger partial charge in [0.1, 0.15) is 0 Å². The summed E-state index contributed by atoms with van der Waals surface area (Å²) >= 11 is 12.0. The smallest absolute Gasteiger partial charge is 0.253 e. The molecule has 0 spiro atoms. The predicted octanol–water partition coefficient (Wildman–Crippen LogP) is 9.35. The Kier molecular flexibility index (Phi) is 28.0. The Morgan fingerprint density at radius 1 is 1.14 bits per heavy atom. The van der Waals surface area contributed by atoms with Crippen LogP contribution in [0.3, 0.4) is 0 Å². The number of carbonyl (C=O) groups is 1. The molecule has 0 aromatic heterocycles. The Morgan fingerprint density at radius 3 is 2.19 bits per heavy atom. The summed E-state index contributed by atoms with van der Waals surface area (Å²) in [5.74, 6) is 0.832. The zero-order chi connectivity index (χ0) is 29.2. The van der Waals surface area contributed by atoms with Gasteiger partial charge < -0.3 is 10.1 Å². The molecule has 1 N–H and O–H groups in total. The van der Waals surface area contributed by atoms with Crippen LogP contribution in [0.2, 0.25) is 10.0 Å². The van der Waals surface area contributed by atoms with Gasteiger partial charge in [-0.1, -0.05) is 96.0 Å².